The van der Waals surface area contributed by atoms with Crippen LogP contribution >= 0.6 is 0 Å². The molecule has 0 aliphatic heterocycles. The van der Waals surface area contributed by atoms with Crippen LogP contribution in [0.3, 0.4) is 0 Å². The van der Waals surface area contributed by atoms with Crippen LogP contribution in [-0.2, 0) is 17.8 Å². The van der Waals surface area contributed by atoms with Crippen molar-refractivity contribution in [1.29, 1.82) is 0 Å². The summed E-state index contributed by atoms with van der Waals surface area (Å²) in [4.78, 5) is 11.2. The molecular weight excluding hydrogens is 236 g/mol. The molecule has 1 N–H and O–H groups in total. The summed E-state index contributed by atoms with van der Waals surface area (Å²) in [7, 11) is 1.33. The quantitative estimate of drug-likeness (QED) is 0.813. The van der Waals surface area contributed by atoms with Gasteiger partial charge in [-0.1, -0.05) is 5.16 Å². The number of aromatic nitrogens is 1. The smallest absolute Gasteiger partial charge is 0.341 e. The second kappa shape index (κ2) is 5.50. The van der Waals surface area contributed by atoms with Gasteiger partial charge in [-0.25, -0.2) is 4.79 Å². The van der Waals surface area contributed by atoms with E-state index in [1.807, 2.05) is 13.0 Å². The number of nitrogens with one attached hydrogen (secondary N) is 1. The molecule has 0 aliphatic rings. The normalized spacial score (nSPS) is 10.6. The van der Waals surface area contributed by atoms with E-state index in [-0.39, 0.29) is 0 Å². The van der Waals surface area contributed by atoms with Gasteiger partial charge in [-0.15, -0.1) is 0 Å². The molecule has 0 radical (unpaired) electrons. The van der Waals surface area contributed by atoms with Crippen LogP contribution < -0.4 is 5.32 Å². The summed E-state index contributed by atoms with van der Waals surface area (Å²) < 4.78 is 14.9. The monoisotopic (exact) mass is 250 g/mol. The number of aryl methyl sites for hydroxylation is 1. The van der Waals surface area contributed by atoms with E-state index < -0.39 is 5.97 Å². The molecule has 0 saturated heterocycles. The first-order valence-corrected chi connectivity index (χ1v) is 5.47. The summed E-state index contributed by atoms with van der Waals surface area (Å²) in [5.41, 5.74) is 1.25. The van der Waals surface area contributed by atoms with E-state index in [4.69, 9.17) is 8.94 Å². The van der Waals surface area contributed by atoms with Crippen molar-refractivity contribution in [2.45, 2.75) is 20.0 Å². The van der Waals surface area contributed by atoms with E-state index in [1.165, 1.54) is 13.4 Å². The third-order valence-electron chi connectivity index (χ3n) is 2.35. The number of carbonyl (C=O) groups is 1. The predicted octanol–water partition coefficient (Wildman–Crippen LogP) is 1.65. The summed E-state index contributed by atoms with van der Waals surface area (Å²) in [6.07, 6.45) is 1.38. The lowest BCUT2D eigenvalue weighted by atomic mass is 10.3. The number of ether oxygens (including phenoxy) is 1. The summed E-state index contributed by atoms with van der Waals surface area (Å²) >= 11 is 0. The van der Waals surface area contributed by atoms with E-state index in [0.717, 1.165) is 11.5 Å². The van der Waals surface area contributed by atoms with E-state index in [2.05, 4.69) is 15.2 Å². The number of hydrogen-bond acceptors (Lipinski definition) is 6. The van der Waals surface area contributed by atoms with Crippen molar-refractivity contribution in [1.82, 2.24) is 10.5 Å². The Hall–Kier alpha value is -2.08. The van der Waals surface area contributed by atoms with Crippen molar-refractivity contribution >= 4 is 5.97 Å². The Bertz CT molecular complexity index is 530. The van der Waals surface area contributed by atoms with Gasteiger partial charge in [0.25, 0.3) is 0 Å². The fraction of sp³-hybridized carbons (Fsp3) is 0.333. The number of hydrogen-bond donors (Lipinski definition) is 1. The topological polar surface area (TPSA) is 77.5 Å². The van der Waals surface area contributed by atoms with Gasteiger partial charge in [-0.2, -0.15) is 0 Å². The number of carbonyl (C=O) groups excluding carboxylic acids is 1. The summed E-state index contributed by atoms with van der Waals surface area (Å²) in [5.74, 6) is 1.01. The molecule has 6 heteroatoms. The Morgan fingerprint density at radius 1 is 1.39 bits per heavy atom. The van der Waals surface area contributed by atoms with E-state index in [0.29, 0.717) is 24.4 Å². The zero-order valence-electron chi connectivity index (χ0n) is 10.2. The first-order valence-electron chi connectivity index (χ1n) is 5.47. The van der Waals surface area contributed by atoms with Crippen molar-refractivity contribution in [3.63, 3.8) is 0 Å². The number of esters is 1. The molecule has 0 bridgehead atoms. The summed E-state index contributed by atoms with van der Waals surface area (Å²) in [5, 5.41) is 6.90. The van der Waals surface area contributed by atoms with Gasteiger partial charge in [0, 0.05) is 6.07 Å². The lowest BCUT2D eigenvalue weighted by Gasteiger charge is -1.97. The third-order valence-corrected chi connectivity index (χ3v) is 2.35. The van der Waals surface area contributed by atoms with Gasteiger partial charge >= 0.3 is 5.97 Å². The summed E-state index contributed by atoms with van der Waals surface area (Å²) in [6, 6.07) is 3.50. The van der Waals surface area contributed by atoms with Crippen LogP contribution in [0, 0.1) is 6.92 Å². The average molecular weight is 250 g/mol. The zero-order valence-corrected chi connectivity index (χ0v) is 10.2. The molecule has 0 spiro atoms. The average Bonchev–Trinajstić information content (AvgIpc) is 2.98. The van der Waals surface area contributed by atoms with Crippen LogP contribution in [0.2, 0.25) is 0 Å². The highest BCUT2D eigenvalue weighted by molar-refractivity contribution is 5.88. The predicted molar refractivity (Wildman–Crippen MR) is 61.8 cm³/mol. The van der Waals surface area contributed by atoms with Gasteiger partial charge in [0.1, 0.15) is 12.0 Å². The van der Waals surface area contributed by atoms with E-state index >= 15 is 0 Å². The van der Waals surface area contributed by atoms with Crippen molar-refractivity contribution < 1.29 is 18.5 Å². The van der Waals surface area contributed by atoms with Crippen molar-refractivity contribution in [2.24, 2.45) is 0 Å². The van der Waals surface area contributed by atoms with Crippen molar-refractivity contribution in [3.05, 3.63) is 41.2 Å². The van der Waals surface area contributed by atoms with Crippen LogP contribution in [0.4, 0.5) is 0 Å². The van der Waals surface area contributed by atoms with Gasteiger partial charge < -0.3 is 19.0 Å². The second-order valence-electron chi connectivity index (χ2n) is 3.83. The van der Waals surface area contributed by atoms with Gasteiger partial charge in [0.15, 0.2) is 5.76 Å². The molecule has 0 aliphatic carbocycles. The Labute approximate surface area is 104 Å². The first-order chi connectivity index (χ1) is 8.69. The number of furan rings is 1. The molecule has 2 rings (SSSR count). The molecule has 0 fully saturated rings. The van der Waals surface area contributed by atoms with Crippen LogP contribution in [0.25, 0.3) is 0 Å². The Balaban J connectivity index is 1.83. The Morgan fingerprint density at radius 3 is 2.83 bits per heavy atom. The standard InChI is InChI=1S/C12H14N2O4/c1-8-3-11(18-14-8)6-13-5-10-4-9(7-17-10)12(15)16-2/h3-4,7,13H,5-6H2,1-2H3. The minimum atomic E-state index is -0.407. The van der Waals surface area contributed by atoms with Crippen LogP contribution in [0.1, 0.15) is 27.6 Å². The van der Waals surface area contributed by atoms with Crippen LogP contribution in [0.5, 0.6) is 0 Å². The molecule has 2 aromatic rings. The lowest BCUT2D eigenvalue weighted by molar-refractivity contribution is 0.0600. The van der Waals surface area contributed by atoms with Crippen LogP contribution in [0.15, 0.2) is 27.3 Å². The van der Waals surface area contributed by atoms with Gasteiger partial charge in [0.2, 0.25) is 0 Å². The largest absolute Gasteiger partial charge is 0.467 e. The molecule has 6 nitrogen and oxygen atoms in total. The molecule has 0 unspecified atom stereocenters. The van der Waals surface area contributed by atoms with Crippen LogP contribution in [-0.4, -0.2) is 18.2 Å². The lowest BCUT2D eigenvalue weighted by Crippen LogP contribution is -2.11. The van der Waals surface area contributed by atoms with Gasteiger partial charge in [-0.05, 0) is 13.0 Å². The minimum absolute atomic E-state index is 0.407. The first kappa shape index (κ1) is 12.4. The van der Waals surface area contributed by atoms with E-state index in [9.17, 15) is 4.79 Å². The minimum Gasteiger partial charge on any atom is -0.467 e. The fourth-order valence-electron chi connectivity index (χ4n) is 1.51. The number of nitrogens with zero attached hydrogens (tertiary/aromatic N) is 1. The molecule has 0 atom stereocenters. The fourth-order valence-corrected chi connectivity index (χ4v) is 1.51. The molecule has 2 aromatic heterocycles. The van der Waals surface area contributed by atoms with E-state index in [1.54, 1.807) is 6.07 Å². The maximum atomic E-state index is 11.2. The van der Waals surface area contributed by atoms with Crippen molar-refractivity contribution in [3.8, 4) is 0 Å². The van der Waals surface area contributed by atoms with Crippen molar-refractivity contribution in [2.75, 3.05) is 7.11 Å². The molecule has 18 heavy (non-hydrogen) atoms. The molecule has 0 saturated carbocycles. The summed E-state index contributed by atoms with van der Waals surface area (Å²) in [6.45, 7) is 2.91. The Kier molecular flexibility index (Phi) is 3.78. The van der Waals surface area contributed by atoms with Gasteiger partial charge in [0.05, 0.1) is 31.5 Å². The molecular formula is C12H14N2O4. The zero-order chi connectivity index (χ0) is 13.0. The second-order valence-corrected chi connectivity index (χ2v) is 3.83. The highest BCUT2D eigenvalue weighted by Gasteiger charge is 2.10. The third kappa shape index (κ3) is 2.98. The highest BCUT2D eigenvalue weighted by Crippen LogP contribution is 2.09. The highest BCUT2D eigenvalue weighted by atomic mass is 16.5. The Morgan fingerprint density at radius 2 is 2.17 bits per heavy atom. The van der Waals surface area contributed by atoms with Gasteiger partial charge in [-0.3, -0.25) is 0 Å². The SMILES string of the molecule is COC(=O)c1coc(CNCc2cc(C)no2)c1. The molecule has 2 heterocycles. The maximum Gasteiger partial charge on any atom is 0.341 e. The molecule has 0 amide bonds. The maximum absolute atomic E-state index is 11.2. The number of methoxy groups -OCH3 is 1. The molecule has 96 valence electrons. The number of rotatable bonds is 5. The molecule has 0 aromatic carbocycles.